The van der Waals surface area contributed by atoms with Gasteiger partial charge in [-0.3, -0.25) is 4.79 Å². The van der Waals surface area contributed by atoms with Crippen LogP contribution in [0, 0.1) is 11.8 Å². The van der Waals surface area contributed by atoms with E-state index in [0.717, 1.165) is 31.8 Å². The van der Waals surface area contributed by atoms with Crippen molar-refractivity contribution in [3.05, 3.63) is 0 Å². The predicted octanol–water partition coefficient (Wildman–Crippen LogP) is 1.26. The fraction of sp³-hybridized carbons (Fsp3) is 0.909. The van der Waals surface area contributed by atoms with Gasteiger partial charge in [-0.15, -0.1) is 0 Å². The van der Waals surface area contributed by atoms with Gasteiger partial charge in [0.05, 0.1) is 0 Å². The number of aliphatic hydroxyl groups is 1. The summed E-state index contributed by atoms with van der Waals surface area (Å²) in [5.74, 6) is 1.33. The zero-order chi connectivity index (χ0) is 10.7. The van der Waals surface area contributed by atoms with Crippen LogP contribution in [0.1, 0.15) is 33.6 Å². The molecule has 82 valence electrons. The second kappa shape index (κ2) is 4.78. The van der Waals surface area contributed by atoms with E-state index in [-0.39, 0.29) is 5.91 Å². The average molecular weight is 199 g/mol. The van der Waals surface area contributed by atoms with Crippen molar-refractivity contribution >= 4 is 5.91 Å². The minimum absolute atomic E-state index is 0.118. The first-order chi connectivity index (χ1) is 6.52. The molecule has 1 aliphatic heterocycles. The Morgan fingerprint density at radius 2 is 1.79 bits per heavy atom. The van der Waals surface area contributed by atoms with Gasteiger partial charge in [0, 0.05) is 13.1 Å². The molecular formula is C11H21NO2. The molecule has 1 N–H and O–H groups in total. The maximum absolute atomic E-state index is 11.5. The van der Waals surface area contributed by atoms with Crippen LogP contribution < -0.4 is 0 Å². The molecule has 1 amide bonds. The molecule has 0 aromatic carbocycles. The Kier molecular flexibility index (Phi) is 3.93. The molecule has 1 fully saturated rings. The van der Waals surface area contributed by atoms with Gasteiger partial charge in [-0.05, 0) is 31.6 Å². The first kappa shape index (κ1) is 11.5. The summed E-state index contributed by atoms with van der Waals surface area (Å²) in [6.07, 6.45) is 1.32. The SMILES string of the molecule is CC(C)C1CCN(C(=O)[C@@H](C)O)CC1. The minimum Gasteiger partial charge on any atom is -0.384 e. The molecule has 0 aliphatic carbocycles. The first-order valence-corrected chi connectivity index (χ1v) is 5.49. The summed E-state index contributed by atoms with van der Waals surface area (Å²) in [5.41, 5.74) is 0. The average Bonchev–Trinajstić information content (AvgIpc) is 2.16. The van der Waals surface area contributed by atoms with E-state index in [1.54, 1.807) is 4.90 Å². The summed E-state index contributed by atoms with van der Waals surface area (Å²) >= 11 is 0. The van der Waals surface area contributed by atoms with E-state index < -0.39 is 6.10 Å². The van der Waals surface area contributed by atoms with Crippen LogP contribution in [0.4, 0.5) is 0 Å². The molecule has 0 aromatic rings. The molecule has 0 aromatic heterocycles. The highest BCUT2D eigenvalue weighted by molar-refractivity contribution is 5.80. The predicted molar refractivity (Wildman–Crippen MR) is 55.8 cm³/mol. The van der Waals surface area contributed by atoms with Crippen LogP contribution in [0.3, 0.4) is 0 Å². The standard InChI is InChI=1S/C11H21NO2/c1-8(2)10-4-6-12(7-5-10)11(14)9(3)13/h8-10,13H,4-7H2,1-3H3/t9-/m1/s1. The molecule has 1 saturated heterocycles. The molecule has 1 heterocycles. The monoisotopic (exact) mass is 199 g/mol. The van der Waals surface area contributed by atoms with Crippen LogP contribution in [-0.2, 0) is 4.79 Å². The molecule has 0 radical (unpaired) electrons. The lowest BCUT2D eigenvalue weighted by Gasteiger charge is -2.34. The highest BCUT2D eigenvalue weighted by Gasteiger charge is 2.26. The van der Waals surface area contributed by atoms with Crippen LogP contribution >= 0.6 is 0 Å². The summed E-state index contributed by atoms with van der Waals surface area (Å²) in [6, 6.07) is 0. The highest BCUT2D eigenvalue weighted by Crippen LogP contribution is 2.24. The Morgan fingerprint density at radius 1 is 1.29 bits per heavy atom. The number of hydrogen-bond donors (Lipinski definition) is 1. The molecule has 1 aliphatic rings. The van der Waals surface area contributed by atoms with Crippen LogP contribution in [-0.4, -0.2) is 35.1 Å². The number of amides is 1. The molecule has 0 saturated carbocycles. The van der Waals surface area contributed by atoms with Crippen LogP contribution in [0.5, 0.6) is 0 Å². The van der Waals surface area contributed by atoms with E-state index in [4.69, 9.17) is 5.11 Å². The van der Waals surface area contributed by atoms with Gasteiger partial charge >= 0.3 is 0 Å². The highest BCUT2D eigenvalue weighted by atomic mass is 16.3. The van der Waals surface area contributed by atoms with Gasteiger partial charge in [0.2, 0.25) is 0 Å². The zero-order valence-corrected chi connectivity index (χ0v) is 9.36. The first-order valence-electron chi connectivity index (χ1n) is 5.49. The smallest absolute Gasteiger partial charge is 0.251 e. The Balaban J connectivity index is 2.39. The van der Waals surface area contributed by atoms with Crippen molar-refractivity contribution in [2.45, 2.75) is 39.7 Å². The van der Waals surface area contributed by atoms with Crippen molar-refractivity contribution in [1.29, 1.82) is 0 Å². The fourth-order valence-corrected chi connectivity index (χ4v) is 2.05. The third-order valence-electron chi connectivity index (χ3n) is 3.15. The lowest BCUT2D eigenvalue weighted by Crippen LogP contribution is -2.43. The van der Waals surface area contributed by atoms with Crippen LogP contribution in [0.15, 0.2) is 0 Å². The van der Waals surface area contributed by atoms with Gasteiger partial charge in [-0.1, -0.05) is 13.8 Å². The second-order valence-electron chi connectivity index (χ2n) is 4.58. The van der Waals surface area contributed by atoms with E-state index >= 15 is 0 Å². The molecule has 14 heavy (non-hydrogen) atoms. The van der Waals surface area contributed by atoms with Crippen molar-refractivity contribution in [3.63, 3.8) is 0 Å². The fourth-order valence-electron chi connectivity index (χ4n) is 2.05. The topological polar surface area (TPSA) is 40.5 Å². The number of carbonyl (C=O) groups is 1. The van der Waals surface area contributed by atoms with Crippen molar-refractivity contribution in [3.8, 4) is 0 Å². The number of piperidine rings is 1. The minimum atomic E-state index is -0.842. The van der Waals surface area contributed by atoms with Gasteiger partial charge in [0.25, 0.3) is 5.91 Å². The van der Waals surface area contributed by atoms with Gasteiger partial charge in [-0.25, -0.2) is 0 Å². The summed E-state index contributed by atoms with van der Waals surface area (Å²) in [7, 11) is 0. The molecule has 0 unspecified atom stereocenters. The number of carbonyl (C=O) groups excluding carboxylic acids is 1. The van der Waals surface area contributed by atoms with Gasteiger partial charge in [0.1, 0.15) is 6.10 Å². The van der Waals surface area contributed by atoms with E-state index in [0.29, 0.717) is 5.92 Å². The normalized spacial score (nSPS) is 21.4. The Labute approximate surface area is 86.1 Å². The van der Waals surface area contributed by atoms with E-state index in [1.807, 2.05) is 0 Å². The number of likely N-dealkylation sites (tertiary alicyclic amines) is 1. The summed E-state index contributed by atoms with van der Waals surface area (Å²) < 4.78 is 0. The third-order valence-corrected chi connectivity index (χ3v) is 3.15. The van der Waals surface area contributed by atoms with Crippen molar-refractivity contribution in [1.82, 2.24) is 4.90 Å². The van der Waals surface area contributed by atoms with Gasteiger partial charge in [0.15, 0.2) is 0 Å². The maximum atomic E-state index is 11.5. The molecule has 3 heteroatoms. The van der Waals surface area contributed by atoms with Gasteiger partial charge < -0.3 is 10.0 Å². The molecular weight excluding hydrogens is 178 g/mol. The van der Waals surface area contributed by atoms with E-state index in [2.05, 4.69) is 13.8 Å². The number of rotatable bonds is 2. The Bertz CT molecular complexity index is 193. The maximum Gasteiger partial charge on any atom is 0.251 e. The van der Waals surface area contributed by atoms with Crippen molar-refractivity contribution in [2.24, 2.45) is 11.8 Å². The number of nitrogens with zero attached hydrogens (tertiary/aromatic N) is 1. The summed E-state index contributed by atoms with van der Waals surface area (Å²) in [4.78, 5) is 13.2. The lowest BCUT2D eigenvalue weighted by molar-refractivity contribution is -0.140. The number of aliphatic hydroxyl groups excluding tert-OH is 1. The molecule has 1 atom stereocenters. The molecule has 3 nitrogen and oxygen atoms in total. The van der Waals surface area contributed by atoms with Crippen molar-refractivity contribution in [2.75, 3.05) is 13.1 Å². The van der Waals surface area contributed by atoms with E-state index in [1.165, 1.54) is 6.92 Å². The zero-order valence-electron chi connectivity index (χ0n) is 9.36. The Morgan fingerprint density at radius 3 is 2.14 bits per heavy atom. The quantitative estimate of drug-likeness (QED) is 0.727. The van der Waals surface area contributed by atoms with Gasteiger partial charge in [-0.2, -0.15) is 0 Å². The molecule has 0 spiro atoms. The lowest BCUT2D eigenvalue weighted by atomic mass is 9.86. The number of hydrogen-bond acceptors (Lipinski definition) is 2. The van der Waals surface area contributed by atoms with Crippen LogP contribution in [0.2, 0.25) is 0 Å². The van der Waals surface area contributed by atoms with E-state index in [9.17, 15) is 4.79 Å². The van der Waals surface area contributed by atoms with Crippen LogP contribution in [0.25, 0.3) is 0 Å². The third kappa shape index (κ3) is 2.71. The molecule has 1 rings (SSSR count). The molecule has 0 bridgehead atoms. The summed E-state index contributed by atoms with van der Waals surface area (Å²) in [5, 5.41) is 9.16. The second-order valence-corrected chi connectivity index (χ2v) is 4.58. The largest absolute Gasteiger partial charge is 0.384 e. The van der Waals surface area contributed by atoms with Crippen molar-refractivity contribution < 1.29 is 9.90 Å². The summed E-state index contributed by atoms with van der Waals surface area (Å²) in [6.45, 7) is 7.63. The Hall–Kier alpha value is -0.570.